The normalized spacial score (nSPS) is 34.5. The summed E-state index contributed by atoms with van der Waals surface area (Å²) in [6.45, 7) is 4.72. The molecule has 8 nitrogen and oxygen atoms in total. The number of alkyl halides is 1. The highest BCUT2D eigenvalue weighted by Gasteiger charge is 2.39. The Morgan fingerprint density at radius 3 is 2.97 bits per heavy atom. The molecule has 6 atom stereocenters. The Hall–Kier alpha value is -2.41. The molecule has 0 spiro atoms. The molecule has 2 aliphatic heterocycles. The predicted molar refractivity (Wildman–Crippen MR) is 115 cm³/mol. The fourth-order valence-corrected chi connectivity index (χ4v) is 4.05. The summed E-state index contributed by atoms with van der Waals surface area (Å²) >= 11 is 0. The molecule has 9 heteroatoms. The number of hydrogen-bond acceptors (Lipinski definition) is 8. The Balaban J connectivity index is 2.03. The van der Waals surface area contributed by atoms with E-state index in [0.29, 0.717) is 50.0 Å². The lowest BCUT2D eigenvalue weighted by Gasteiger charge is -2.42. The van der Waals surface area contributed by atoms with Gasteiger partial charge in [0.2, 0.25) is 5.96 Å². The number of rotatable bonds is 1. The first-order valence-electron chi connectivity index (χ1n) is 10.3. The fourth-order valence-electron chi connectivity index (χ4n) is 4.05. The molecule has 5 unspecified atom stereocenters. The SMILES string of the molecule is CC#CC(O)N1CC2CCC(F)[C@H](OC/C=C/CN=C3N=CC(N)C(N)=C1N3)C2C. The van der Waals surface area contributed by atoms with Crippen LogP contribution in [0.2, 0.25) is 0 Å². The molecule has 0 radical (unpaired) electrons. The summed E-state index contributed by atoms with van der Waals surface area (Å²) in [6.07, 6.45) is 3.61. The summed E-state index contributed by atoms with van der Waals surface area (Å²) in [7, 11) is 0. The Morgan fingerprint density at radius 1 is 1.40 bits per heavy atom. The van der Waals surface area contributed by atoms with Gasteiger partial charge in [0.05, 0.1) is 31.0 Å². The van der Waals surface area contributed by atoms with Crippen molar-refractivity contribution in [2.45, 2.75) is 51.2 Å². The van der Waals surface area contributed by atoms with Crippen LogP contribution >= 0.6 is 0 Å². The van der Waals surface area contributed by atoms with Gasteiger partial charge in [0.15, 0.2) is 6.23 Å². The van der Waals surface area contributed by atoms with Gasteiger partial charge in [-0.1, -0.05) is 19.1 Å². The first-order valence-corrected chi connectivity index (χ1v) is 10.3. The first-order chi connectivity index (χ1) is 14.4. The standard InChI is InChI=1S/C21H31FN6O2/c1-3-6-17(29)28-12-14-7-8-15(22)19(13(14)2)30-10-5-4-9-25-21-26-11-16(23)18(24)20(28)27-21/h4-5,11,13-17,19,29H,7-10,12,23-24H2,1-2H3,(H,25,27)/b5-4+/t13?,14?,15?,16?,17?,19-/m1/s1. The lowest BCUT2D eigenvalue weighted by atomic mass is 9.77. The van der Waals surface area contributed by atoms with Crippen LogP contribution in [-0.4, -0.2) is 66.4 Å². The molecule has 164 valence electrons. The van der Waals surface area contributed by atoms with E-state index < -0.39 is 24.5 Å². The summed E-state index contributed by atoms with van der Waals surface area (Å²) in [6, 6.07) is -0.647. The number of aliphatic imine (C=N–C) groups is 2. The molecule has 0 saturated heterocycles. The smallest absolute Gasteiger partial charge is 0.223 e. The highest BCUT2D eigenvalue weighted by Crippen LogP contribution is 2.35. The molecule has 4 bridgehead atoms. The minimum atomic E-state index is -1.12. The van der Waals surface area contributed by atoms with E-state index in [9.17, 15) is 9.50 Å². The molecule has 0 aromatic carbocycles. The lowest BCUT2D eigenvalue weighted by Crippen LogP contribution is -2.50. The Kier molecular flexibility index (Phi) is 7.48. The van der Waals surface area contributed by atoms with Crippen molar-refractivity contribution in [1.82, 2.24) is 10.2 Å². The van der Waals surface area contributed by atoms with Gasteiger partial charge in [-0.2, -0.15) is 0 Å². The number of aliphatic hydroxyl groups is 1. The van der Waals surface area contributed by atoms with E-state index in [1.54, 1.807) is 11.8 Å². The monoisotopic (exact) mass is 418 g/mol. The molecule has 6 N–H and O–H groups in total. The van der Waals surface area contributed by atoms with Gasteiger partial charge in [-0.25, -0.2) is 14.4 Å². The van der Waals surface area contributed by atoms with E-state index >= 15 is 0 Å². The van der Waals surface area contributed by atoms with Crippen LogP contribution in [0.3, 0.4) is 0 Å². The molecule has 1 saturated carbocycles. The van der Waals surface area contributed by atoms with E-state index in [1.807, 2.05) is 19.1 Å². The number of nitrogens with one attached hydrogen (secondary N) is 1. The van der Waals surface area contributed by atoms with Crippen LogP contribution in [0.5, 0.6) is 0 Å². The molecule has 0 amide bonds. The number of nitrogens with two attached hydrogens (primary N) is 2. The largest absolute Gasteiger partial charge is 0.398 e. The van der Waals surface area contributed by atoms with Gasteiger partial charge in [0, 0.05) is 12.8 Å². The van der Waals surface area contributed by atoms with Crippen molar-refractivity contribution in [3.05, 3.63) is 23.7 Å². The predicted octanol–water partition coefficient (Wildman–Crippen LogP) is 0.454. The van der Waals surface area contributed by atoms with Gasteiger partial charge in [-0.15, -0.1) is 5.92 Å². The zero-order valence-electron chi connectivity index (χ0n) is 17.5. The minimum Gasteiger partial charge on any atom is -0.398 e. The van der Waals surface area contributed by atoms with E-state index in [-0.39, 0.29) is 11.8 Å². The average Bonchev–Trinajstić information content (AvgIpc) is 2.85. The van der Waals surface area contributed by atoms with Gasteiger partial charge in [-0.3, -0.25) is 0 Å². The summed E-state index contributed by atoms with van der Waals surface area (Å²) in [5.74, 6) is 6.27. The number of guanidine groups is 1. The number of ether oxygens (including phenoxy) is 1. The summed E-state index contributed by atoms with van der Waals surface area (Å²) in [5, 5.41) is 13.9. The van der Waals surface area contributed by atoms with Crippen molar-refractivity contribution in [3.8, 4) is 11.8 Å². The molecular weight excluding hydrogens is 387 g/mol. The van der Waals surface area contributed by atoms with Crippen molar-refractivity contribution in [3.63, 3.8) is 0 Å². The van der Waals surface area contributed by atoms with E-state index in [4.69, 9.17) is 16.2 Å². The number of fused-ring (bicyclic) bond motifs is 4. The summed E-state index contributed by atoms with van der Waals surface area (Å²) < 4.78 is 20.5. The lowest BCUT2D eigenvalue weighted by molar-refractivity contribution is -0.0733. The molecule has 0 aromatic heterocycles. The van der Waals surface area contributed by atoms with Crippen LogP contribution in [0.4, 0.5) is 4.39 Å². The molecule has 1 fully saturated rings. The summed E-state index contributed by atoms with van der Waals surface area (Å²) in [5.41, 5.74) is 12.8. The number of nitrogens with zero attached hydrogens (tertiary/aromatic N) is 3. The Bertz CT molecular complexity index is 799. The second-order valence-corrected chi connectivity index (χ2v) is 7.80. The Morgan fingerprint density at radius 2 is 2.20 bits per heavy atom. The van der Waals surface area contributed by atoms with Crippen molar-refractivity contribution in [1.29, 1.82) is 0 Å². The fraction of sp³-hybridized carbons (Fsp3) is 0.619. The first kappa shape index (κ1) is 22.3. The average molecular weight is 419 g/mol. The van der Waals surface area contributed by atoms with Crippen LogP contribution in [-0.2, 0) is 4.74 Å². The number of aliphatic hydroxyl groups excluding tert-OH is 1. The third-order valence-electron chi connectivity index (χ3n) is 5.84. The van der Waals surface area contributed by atoms with Gasteiger partial charge in [-0.05, 0) is 37.5 Å². The van der Waals surface area contributed by atoms with Gasteiger partial charge < -0.3 is 31.5 Å². The van der Waals surface area contributed by atoms with E-state index in [0.717, 1.165) is 0 Å². The van der Waals surface area contributed by atoms with Gasteiger partial charge >= 0.3 is 0 Å². The van der Waals surface area contributed by atoms with Gasteiger partial charge in [0.25, 0.3) is 0 Å². The number of hydrogen-bond donors (Lipinski definition) is 4. The van der Waals surface area contributed by atoms with Crippen molar-refractivity contribution >= 4 is 12.2 Å². The van der Waals surface area contributed by atoms with Crippen molar-refractivity contribution in [2.24, 2.45) is 33.3 Å². The van der Waals surface area contributed by atoms with Crippen LogP contribution in [0.15, 0.2) is 33.7 Å². The molecule has 3 aliphatic rings. The highest BCUT2D eigenvalue weighted by atomic mass is 19.1. The maximum atomic E-state index is 14.6. The maximum absolute atomic E-state index is 14.6. The van der Waals surface area contributed by atoms with Crippen LogP contribution in [0.1, 0.15) is 26.7 Å². The van der Waals surface area contributed by atoms with Crippen molar-refractivity contribution < 1.29 is 14.2 Å². The van der Waals surface area contributed by atoms with Crippen molar-refractivity contribution in [2.75, 3.05) is 19.7 Å². The van der Waals surface area contributed by atoms with Crippen LogP contribution in [0, 0.1) is 23.7 Å². The molecule has 30 heavy (non-hydrogen) atoms. The maximum Gasteiger partial charge on any atom is 0.223 e. The zero-order chi connectivity index (χ0) is 21.7. The molecule has 0 aromatic rings. The molecule has 3 rings (SSSR count). The molecule has 1 aliphatic carbocycles. The van der Waals surface area contributed by atoms with Crippen LogP contribution in [0.25, 0.3) is 0 Å². The molecule has 2 heterocycles. The molecular formula is C21H31FN6O2. The second kappa shape index (κ2) is 10.1. The van der Waals surface area contributed by atoms with Gasteiger partial charge in [0.1, 0.15) is 12.0 Å². The minimum absolute atomic E-state index is 0.0555. The third kappa shape index (κ3) is 5.01. The third-order valence-corrected chi connectivity index (χ3v) is 5.84. The van der Waals surface area contributed by atoms with E-state index in [1.165, 1.54) is 6.21 Å². The number of halogens is 1. The highest BCUT2D eigenvalue weighted by molar-refractivity contribution is 5.92. The van der Waals surface area contributed by atoms with Crippen LogP contribution < -0.4 is 16.8 Å². The Labute approximate surface area is 176 Å². The topological polar surface area (TPSA) is 121 Å². The quantitative estimate of drug-likeness (QED) is 0.362. The van der Waals surface area contributed by atoms with E-state index in [2.05, 4.69) is 27.1 Å². The second-order valence-electron chi connectivity index (χ2n) is 7.80. The zero-order valence-corrected chi connectivity index (χ0v) is 17.5. The summed E-state index contributed by atoms with van der Waals surface area (Å²) in [4.78, 5) is 10.4.